The molecule has 2 aromatic heterocycles. The third kappa shape index (κ3) is 3.44. The Hall–Kier alpha value is -3.69. The first kappa shape index (κ1) is 17.4. The van der Waals surface area contributed by atoms with E-state index in [4.69, 9.17) is 9.47 Å². The van der Waals surface area contributed by atoms with Crippen molar-refractivity contribution in [3.05, 3.63) is 49.3 Å². The van der Waals surface area contributed by atoms with E-state index in [2.05, 4.69) is 25.0 Å². The summed E-state index contributed by atoms with van der Waals surface area (Å²) in [6, 6.07) is 9.26. The standard InChI is InChI=1S/C19H19N7O3/c27-19(16-10-28-14-3-1-2-4-15(14)29-16)25-7-5-24(6-8-25)17-9-18(22-12-21-17)26-13-20-11-23-26/h1-4,9,11-13,16H,5-8,10H2/t16-/m1/s1. The van der Waals surface area contributed by atoms with Crippen molar-refractivity contribution in [2.45, 2.75) is 6.10 Å². The fraction of sp³-hybridized carbons (Fsp3) is 0.316. The Morgan fingerprint density at radius 1 is 1.00 bits per heavy atom. The largest absolute Gasteiger partial charge is 0.485 e. The topological polar surface area (TPSA) is 98.5 Å². The minimum absolute atomic E-state index is 0.0508. The summed E-state index contributed by atoms with van der Waals surface area (Å²) < 4.78 is 13.1. The molecule has 10 nitrogen and oxygen atoms in total. The molecule has 3 aromatic rings. The third-order valence-electron chi connectivity index (χ3n) is 4.99. The number of hydrogen-bond acceptors (Lipinski definition) is 8. The van der Waals surface area contributed by atoms with E-state index in [1.165, 1.54) is 12.7 Å². The molecule has 10 heteroatoms. The Morgan fingerprint density at radius 2 is 1.79 bits per heavy atom. The van der Waals surface area contributed by atoms with Crippen molar-refractivity contribution >= 4 is 11.7 Å². The highest BCUT2D eigenvalue weighted by atomic mass is 16.6. The number of ether oxygens (including phenoxy) is 2. The average molecular weight is 393 g/mol. The number of para-hydroxylation sites is 2. The van der Waals surface area contributed by atoms with Crippen molar-refractivity contribution in [1.29, 1.82) is 0 Å². The van der Waals surface area contributed by atoms with E-state index in [1.807, 2.05) is 35.2 Å². The number of carbonyl (C=O) groups is 1. The first-order valence-corrected chi connectivity index (χ1v) is 9.37. The number of aromatic nitrogens is 5. The fourth-order valence-corrected chi connectivity index (χ4v) is 3.46. The van der Waals surface area contributed by atoms with Gasteiger partial charge in [0.05, 0.1) is 0 Å². The lowest BCUT2D eigenvalue weighted by Crippen LogP contribution is -2.54. The fourth-order valence-electron chi connectivity index (χ4n) is 3.46. The highest BCUT2D eigenvalue weighted by Crippen LogP contribution is 2.31. The zero-order valence-electron chi connectivity index (χ0n) is 15.6. The van der Waals surface area contributed by atoms with Gasteiger partial charge in [-0.25, -0.2) is 19.6 Å². The molecule has 0 unspecified atom stereocenters. The Labute approximate surface area is 166 Å². The number of anilines is 1. The maximum absolute atomic E-state index is 12.9. The molecule has 1 atom stereocenters. The molecule has 29 heavy (non-hydrogen) atoms. The summed E-state index contributed by atoms with van der Waals surface area (Å²) in [5, 5.41) is 4.09. The molecule has 1 fully saturated rings. The number of benzene rings is 1. The maximum atomic E-state index is 12.9. The molecule has 5 rings (SSSR count). The average Bonchev–Trinajstić information content (AvgIpc) is 3.34. The summed E-state index contributed by atoms with van der Waals surface area (Å²) in [7, 11) is 0. The van der Waals surface area contributed by atoms with Gasteiger partial charge in [-0.2, -0.15) is 5.10 Å². The zero-order valence-corrected chi connectivity index (χ0v) is 15.6. The SMILES string of the molecule is O=C([C@H]1COc2ccccc2O1)N1CCN(c2cc(-n3cncn3)ncn2)CC1. The summed E-state index contributed by atoms with van der Waals surface area (Å²) >= 11 is 0. The van der Waals surface area contributed by atoms with Crippen LogP contribution in [0.4, 0.5) is 5.82 Å². The summed E-state index contributed by atoms with van der Waals surface area (Å²) in [6.45, 7) is 2.74. The molecule has 0 spiro atoms. The molecule has 1 aromatic carbocycles. The molecular weight excluding hydrogens is 374 g/mol. The van der Waals surface area contributed by atoms with Crippen LogP contribution < -0.4 is 14.4 Å². The summed E-state index contributed by atoms with van der Waals surface area (Å²) in [5.41, 5.74) is 0. The van der Waals surface area contributed by atoms with Gasteiger partial charge in [0.15, 0.2) is 17.3 Å². The van der Waals surface area contributed by atoms with Crippen LogP contribution in [0, 0.1) is 0 Å². The molecule has 1 saturated heterocycles. The molecular formula is C19H19N7O3. The lowest BCUT2D eigenvalue weighted by molar-refractivity contribution is -0.141. The molecule has 2 aliphatic heterocycles. The van der Waals surface area contributed by atoms with Gasteiger partial charge in [-0.15, -0.1) is 0 Å². The van der Waals surface area contributed by atoms with Crippen molar-refractivity contribution in [3.8, 4) is 17.3 Å². The predicted molar refractivity (Wildman–Crippen MR) is 102 cm³/mol. The van der Waals surface area contributed by atoms with E-state index in [1.54, 1.807) is 11.0 Å². The van der Waals surface area contributed by atoms with Crippen LogP contribution in [-0.2, 0) is 4.79 Å². The summed E-state index contributed by atoms with van der Waals surface area (Å²) in [4.78, 5) is 29.3. The van der Waals surface area contributed by atoms with Crippen LogP contribution in [-0.4, -0.2) is 74.4 Å². The van der Waals surface area contributed by atoms with Crippen LogP contribution >= 0.6 is 0 Å². The van der Waals surface area contributed by atoms with E-state index in [0.29, 0.717) is 43.5 Å². The molecule has 0 bridgehead atoms. The molecule has 4 heterocycles. The molecule has 2 aliphatic rings. The van der Waals surface area contributed by atoms with Crippen LogP contribution in [0.2, 0.25) is 0 Å². The highest BCUT2D eigenvalue weighted by molar-refractivity contribution is 5.82. The van der Waals surface area contributed by atoms with Gasteiger partial charge in [-0.3, -0.25) is 4.79 Å². The van der Waals surface area contributed by atoms with Crippen LogP contribution in [0.5, 0.6) is 11.5 Å². The second kappa shape index (κ2) is 7.38. The van der Waals surface area contributed by atoms with Crippen molar-refractivity contribution in [2.24, 2.45) is 0 Å². The van der Waals surface area contributed by atoms with Gasteiger partial charge in [0.1, 0.15) is 31.4 Å². The Kier molecular flexibility index (Phi) is 4.43. The quantitative estimate of drug-likeness (QED) is 0.636. The van der Waals surface area contributed by atoms with Crippen molar-refractivity contribution in [1.82, 2.24) is 29.6 Å². The summed E-state index contributed by atoms with van der Waals surface area (Å²) in [5.74, 6) is 2.68. The summed E-state index contributed by atoms with van der Waals surface area (Å²) in [6.07, 6.45) is 3.94. The van der Waals surface area contributed by atoms with Crippen molar-refractivity contribution in [3.63, 3.8) is 0 Å². The molecule has 0 N–H and O–H groups in total. The van der Waals surface area contributed by atoms with E-state index in [0.717, 1.165) is 5.82 Å². The second-order valence-electron chi connectivity index (χ2n) is 6.75. The molecule has 0 saturated carbocycles. The smallest absolute Gasteiger partial charge is 0.267 e. The lowest BCUT2D eigenvalue weighted by Gasteiger charge is -2.37. The number of carbonyl (C=O) groups excluding carboxylic acids is 1. The molecule has 1 amide bonds. The third-order valence-corrected chi connectivity index (χ3v) is 4.99. The molecule has 148 valence electrons. The van der Waals surface area contributed by atoms with Gasteiger partial charge >= 0.3 is 0 Å². The number of nitrogens with zero attached hydrogens (tertiary/aromatic N) is 7. The van der Waals surface area contributed by atoms with Crippen molar-refractivity contribution < 1.29 is 14.3 Å². The van der Waals surface area contributed by atoms with E-state index >= 15 is 0 Å². The predicted octanol–water partition coefficient (Wildman–Crippen LogP) is 0.546. The van der Waals surface area contributed by atoms with Gasteiger partial charge in [-0.05, 0) is 12.1 Å². The zero-order chi connectivity index (χ0) is 19.6. The van der Waals surface area contributed by atoms with E-state index < -0.39 is 6.10 Å². The van der Waals surface area contributed by atoms with Gasteiger partial charge in [-0.1, -0.05) is 12.1 Å². The highest BCUT2D eigenvalue weighted by Gasteiger charge is 2.32. The van der Waals surface area contributed by atoms with Crippen molar-refractivity contribution in [2.75, 3.05) is 37.7 Å². The number of fused-ring (bicyclic) bond motifs is 1. The van der Waals surface area contributed by atoms with Crippen LogP contribution in [0.1, 0.15) is 0 Å². The number of piperazine rings is 1. The van der Waals surface area contributed by atoms with E-state index in [-0.39, 0.29) is 12.5 Å². The van der Waals surface area contributed by atoms with Gasteiger partial charge in [0, 0.05) is 32.2 Å². The Balaban J connectivity index is 1.22. The van der Waals surface area contributed by atoms with Gasteiger partial charge in [0.2, 0.25) is 6.10 Å². The van der Waals surface area contributed by atoms with Crippen LogP contribution in [0.25, 0.3) is 5.82 Å². The Bertz CT molecular complexity index is 1000. The number of hydrogen-bond donors (Lipinski definition) is 0. The van der Waals surface area contributed by atoms with Gasteiger partial charge < -0.3 is 19.3 Å². The maximum Gasteiger partial charge on any atom is 0.267 e. The molecule has 0 radical (unpaired) electrons. The minimum atomic E-state index is -0.616. The molecule has 0 aliphatic carbocycles. The van der Waals surface area contributed by atoms with Crippen LogP contribution in [0.3, 0.4) is 0 Å². The lowest BCUT2D eigenvalue weighted by atomic mass is 10.2. The monoisotopic (exact) mass is 393 g/mol. The van der Waals surface area contributed by atoms with Crippen LogP contribution in [0.15, 0.2) is 49.3 Å². The Morgan fingerprint density at radius 3 is 2.59 bits per heavy atom. The number of amides is 1. The first-order valence-electron chi connectivity index (χ1n) is 9.37. The van der Waals surface area contributed by atoms with Gasteiger partial charge in [0.25, 0.3) is 5.91 Å². The minimum Gasteiger partial charge on any atom is -0.485 e. The second-order valence-corrected chi connectivity index (χ2v) is 6.75. The number of rotatable bonds is 3. The first-order chi connectivity index (χ1) is 14.3. The van der Waals surface area contributed by atoms with E-state index in [9.17, 15) is 4.79 Å². The normalized spacial score (nSPS) is 18.6.